The van der Waals surface area contributed by atoms with Crippen LogP contribution in [0.2, 0.25) is 0 Å². The van der Waals surface area contributed by atoms with Crippen LogP contribution in [0.25, 0.3) is 11.0 Å². The average molecular weight is 427 g/mol. The number of anilines is 1. The van der Waals surface area contributed by atoms with Crippen LogP contribution in [0.3, 0.4) is 0 Å². The predicted molar refractivity (Wildman–Crippen MR) is 122 cm³/mol. The molecule has 4 rings (SSSR count). The SMILES string of the molecule is CC1CCN(C(CNC(=O)Nc2cnc3c(cnn3C(C)C)c2)c2cccs2)CC1. The van der Waals surface area contributed by atoms with E-state index in [1.807, 2.05) is 10.7 Å². The maximum Gasteiger partial charge on any atom is 0.319 e. The zero-order chi connectivity index (χ0) is 21.1. The molecule has 2 N–H and O–H groups in total. The van der Waals surface area contributed by atoms with Crippen LogP contribution < -0.4 is 10.6 Å². The van der Waals surface area contributed by atoms with Crippen molar-refractivity contribution in [3.8, 4) is 0 Å². The number of aromatic nitrogens is 3. The second kappa shape index (κ2) is 9.14. The molecule has 30 heavy (non-hydrogen) atoms. The van der Waals surface area contributed by atoms with E-state index >= 15 is 0 Å². The lowest BCUT2D eigenvalue weighted by molar-refractivity contribution is 0.138. The molecule has 0 saturated carbocycles. The Balaban J connectivity index is 1.39. The molecule has 0 aromatic carbocycles. The molecule has 1 atom stereocenters. The molecule has 160 valence electrons. The average Bonchev–Trinajstić information content (AvgIpc) is 3.39. The summed E-state index contributed by atoms with van der Waals surface area (Å²) in [5.41, 5.74) is 1.50. The molecule has 7 nitrogen and oxygen atoms in total. The van der Waals surface area contributed by atoms with Crippen molar-refractivity contribution in [1.82, 2.24) is 25.0 Å². The molecular weight excluding hydrogens is 396 g/mol. The lowest BCUT2D eigenvalue weighted by atomic mass is 9.97. The number of hydrogen-bond acceptors (Lipinski definition) is 5. The first-order valence-corrected chi connectivity index (χ1v) is 11.5. The van der Waals surface area contributed by atoms with E-state index in [4.69, 9.17) is 0 Å². The summed E-state index contributed by atoms with van der Waals surface area (Å²) in [5.74, 6) is 0.781. The molecule has 3 aromatic heterocycles. The summed E-state index contributed by atoms with van der Waals surface area (Å²) in [6, 6.07) is 6.41. The van der Waals surface area contributed by atoms with Crippen LogP contribution in [0.5, 0.6) is 0 Å². The van der Waals surface area contributed by atoms with Gasteiger partial charge in [0, 0.05) is 22.8 Å². The minimum Gasteiger partial charge on any atom is -0.336 e. The Morgan fingerprint density at radius 1 is 1.30 bits per heavy atom. The van der Waals surface area contributed by atoms with Gasteiger partial charge in [-0.05, 0) is 63.2 Å². The zero-order valence-corrected chi connectivity index (χ0v) is 18.7. The van der Waals surface area contributed by atoms with Gasteiger partial charge in [-0.15, -0.1) is 11.3 Å². The molecule has 1 fully saturated rings. The lowest BCUT2D eigenvalue weighted by Gasteiger charge is -2.36. The molecule has 1 aliphatic heterocycles. The molecular formula is C22H30N6OS. The van der Waals surface area contributed by atoms with Crippen molar-refractivity contribution < 1.29 is 4.79 Å². The fourth-order valence-electron chi connectivity index (χ4n) is 3.98. The third kappa shape index (κ3) is 4.65. The van der Waals surface area contributed by atoms with Gasteiger partial charge in [0.1, 0.15) is 0 Å². The standard InChI is InChI=1S/C22H30N6OS/c1-15(2)28-21-17(12-25-28)11-18(13-23-21)26-22(29)24-14-19(20-5-4-10-30-20)27-8-6-16(3)7-9-27/h4-5,10-13,15-16,19H,6-9,14H2,1-3H3,(H2,24,26,29). The van der Waals surface area contributed by atoms with Crippen LogP contribution in [0.1, 0.15) is 50.6 Å². The second-order valence-corrected chi connectivity index (χ2v) is 9.38. The molecule has 8 heteroatoms. The smallest absolute Gasteiger partial charge is 0.319 e. The van der Waals surface area contributed by atoms with E-state index in [2.05, 4.69) is 63.9 Å². The Hall–Kier alpha value is -2.45. The Bertz CT molecular complexity index is 975. The third-order valence-electron chi connectivity index (χ3n) is 5.77. The summed E-state index contributed by atoms with van der Waals surface area (Å²) in [6.07, 6.45) is 5.90. The molecule has 3 aromatic rings. The van der Waals surface area contributed by atoms with E-state index in [9.17, 15) is 4.79 Å². The number of nitrogens with one attached hydrogen (secondary N) is 2. The van der Waals surface area contributed by atoms with Gasteiger partial charge < -0.3 is 10.6 Å². The molecule has 1 saturated heterocycles. The van der Waals surface area contributed by atoms with E-state index in [1.54, 1.807) is 23.7 Å². The molecule has 4 heterocycles. The van der Waals surface area contributed by atoms with Gasteiger partial charge in [-0.2, -0.15) is 5.10 Å². The number of piperidine rings is 1. The normalized spacial score (nSPS) is 16.8. The number of hydrogen-bond donors (Lipinski definition) is 2. The number of carbonyl (C=O) groups excluding carboxylic acids is 1. The number of nitrogens with zero attached hydrogens (tertiary/aromatic N) is 4. The van der Waals surface area contributed by atoms with Gasteiger partial charge in [0.05, 0.1) is 24.1 Å². The van der Waals surface area contributed by atoms with Crippen LogP contribution in [0.15, 0.2) is 36.0 Å². The van der Waals surface area contributed by atoms with E-state index in [-0.39, 0.29) is 18.1 Å². The molecule has 1 unspecified atom stereocenters. The van der Waals surface area contributed by atoms with Crippen molar-refractivity contribution in [2.24, 2.45) is 5.92 Å². The summed E-state index contributed by atoms with van der Waals surface area (Å²) < 4.78 is 1.88. The molecule has 0 aliphatic carbocycles. The third-order valence-corrected chi connectivity index (χ3v) is 6.74. The summed E-state index contributed by atoms with van der Waals surface area (Å²) in [6.45, 7) is 9.20. The molecule has 0 bridgehead atoms. The Morgan fingerprint density at radius 3 is 2.80 bits per heavy atom. The monoisotopic (exact) mass is 426 g/mol. The maximum atomic E-state index is 12.6. The highest BCUT2D eigenvalue weighted by Gasteiger charge is 2.25. The quantitative estimate of drug-likeness (QED) is 0.601. The first-order chi connectivity index (χ1) is 14.5. The van der Waals surface area contributed by atoms with Gasteiger partial charge in [0.15, 0.2) is 5.65 Å². The molecule has 1 aliphatic rings. The second-order valence-electron chi connectivity index (χ2n) is 8.40. The summed E-state index contributed by atoms with van der Waals surface area (Å²) in [4.78, 5) is 20.9. The fourth-order valence-corrected chi connectivity index (χ4v) is 4.84. The van der Waals surface area contributed by atoms with Gasteiger partial charge in [-0.1, -0.05) is 13.0 Å². The summed E-state index contributed by atoms with van der Waals surface area (Å²) in [5, 5.41) is 13.4. The highest BCUT2D eigenvalue weighted by Crippen LogP contribution is 2.29. The molecule has 2 amide bonds. The Labute approximate surface area is 181 Å². The highest BCUT2D eigenvalue weighted by molar-refractivity contribution is 7.10. The van der Waals surface area contributed by atoms with Gasteiger partial charge in [-0.3, -0.25) is 4.90 Å². The van der Waals surface area contributed by atoms with Crippen LogP contribution in [0.4, 0.5) is 10.5 Å². The van der Waals surface area contributed by atoms with Gasteiger partial charge in [-0.25, -0.2) is 14.5 Å². The van der Waals surface area contributed by atoms with Crippen molar-refractivity contribution in [2.75, 3.05) is 25.0 Å². The van der Waals surface area contributed by atoms with E-state index in [0.29, 0.717) is 12.2 Å². The number of likely N-dealkylation sites (tertiary alicyclic amines) is 1. The van der Waals surface area contributed by atoms with E-state index < -0.39 is 0 Å². The number of thiophene rings is 1. The maximum absolute atomic E-state index is 12.6. The van der Waals surface area contributed by atoms with Gasteiger partial charge in [0.2, 0.25) is 0 Å². The van der Waals surface area contributed by atoms with Gasteiger partial charge >= 0.3 is 6.03 Å². The molecule has 0 spiro atoms. The van der Waals surface area contributed by atoms with Crippen molar-refractivity contribution in [2.45, 2.75) is 45.7 Å². The van der Waals surface area contributed by atoms with Crippen LogP contribution in [-0.4, -0.2) is 45.3 Å². The van der Waals surface area contributed by atoms with Crippen molar-refractivity contribution in [3.05, 3.63) is 40.8 Å². The topological polar surface area (TPSA) is 75.1 Å². The van der Waals surface area contributed by atoms with Crippen LogP contribution in [-0.2, 0) is 0 Å². The minimum absolute atomic E-state index is 0.209. The van der Waals surface area contributed by atoms with E-state index in [1.165, 1.54) is 17.7 Å². The van der Waals surface area contributed by atoms with Crippen LogP contribution >= 0.6 is 11.3 Å². The van der Waals surface area contributed by atoms with Crippen LogP contribution in [0, 0.1) is 5.92 Å². The summed E-state index contributed by atoms with van der Waals surface area (Å²) >= 11 is 1.75. The van der Waals surface area contributed by atoms with Crippen molar-refractivity contribution >= 4 is 34.1 Å². The van der Waals surface area contributed by atoms with Crippen molar-refractivity contribution in [3.63, 3.8) is 0 Å². The predicted octanol–water partition coefficient (Wildman–Crippen LogP) is 4.67. The Morgan fingerprint density at radius 2 is 2.10 bits per heavy atom. The van der Waals surface area contributed by atoms with Gasteiger partial charge in [0.25, 0.3) is 0 Å². The number of carbonyl (C=O) groups is 1. The largest absolute Gasteiger partial charge is 0.336 e. The highest BCUT2D eigenvalue weighted by atomic mass is 32.1. The lowest BCUT2D eigenvalue weighted by Crippen LogP contribution is -2.42. The zero-order valence-electron chi connectivity index (χ0n) is 17.8. The number of amides is 2. The Kier molecular flexibility index (Phi) is 6.34. The number of pyridine rings is 1. The number of urea groups is 1. The minimum atomic E-state index is -0.209. The number of fused-ring (bicyclic) bond motifs is 1. The first-order valence-electron chi connectivity index (χ1n) is 10.7. The fraction of sp³-hybridized carbons (Fsp3) is 0.500. The van der Waals surface area contributed by atoms with Crippen molar-refractivity contribution in [1.29, 1.82) is 0 Å². The first kappa shape index (κ1) is 20.8. The molecule has 0 radical (unpaired) electrons. The summed E-state index contributed by atoms with van der Waals surface area (Å²) in [7, 11) is 0. The van der Waals surface area contributed by atoms with E-state index in [0.717, 1.165) is 30.0 Å². The number of rotatable bonds is 6.